The lowest BCUT2D eigenvalue weighted by molar-refractivity contribution is 0.0261. The number of hydrogen-bond donors (Lipinski definition) is 4. The Kier molecular flexibility index (Phi) is 9.42. The summed E-state index contributed by atoms with van der Waals surface area (Å²) in [7, 11) is 0. The summed E-state index contributed by atoms with van der Waals surface area (Å²) < 4.78 is 9.56. The molecular formula is C12H25N3O6. The van der Waals surface area contributed by atoms with Crippen LogP contribution in [0.4, 0.5) is 9.59 Å². The van der Waals surface area contributed by atoms with Crippen LogP contribution in [0.1, 0.15) is 20.3 Å². The molecule has 3 atom stereocenters. The third-order valence-electron chi connectivity index (χ3n) is 2.52. The number of ether oxygens (including phenoxy) is 2. The first-order chi connectivity index (χ1) is 9.70. The van der Waals surface area contributed by atoms with E-state index in [0.29, 0.717) is 6.54 Å². The molecule has 0 aliphatic carbocycles. The summed E-state index contributed by atoms with van der Waals surface area (Å²) in [4.78, 5) is 23.1. The number of nitrogens with two attached hydrogens (primary N) is 2. The maximum Gasteiger partial charge on any atom is 0.404 e. The predicted molar refractivity (Wildman–Crippen MR) is 74.4 cm³/mol. The van der Waals surface area contributed by atoms with Gasteiger partial charge in [0.05, 0.1) is 12.2 Å². The number of carbonyl (C=O) groups excluding carboxylic acids is 2. The maximum atomic E-state index is 10.9. The van der Waals surface area contributed by atoms with Crippen molar-refractivity contribution in [3.05, 3.63) is 0 Å². The molecule has 0 bridgehead atoms. The van der Waals surface area contributed by atoms with E-state index in [2.05, 4.69) is 4.74 Å². The topological polar surface area (TPSA) is 148 Å². The van der Waals surface area contributed by atoms with E-state index in [1.807, 2.05) is 0 Å². The average Bonchev–Trinajstić information content (AvgIpc) is 2.24. The fraction of sp³-hybridized carbons (Fsp3) is 0.833. The Hall–Kier alpha value is -1.58. The molecule has 0 saturated carbocycles. The van der Waals surface area contributed by atoms with Gasteiger partial charge in [-0.15, -0.1) is 0 Å². The van der Waals surface area contributed by atoms with Gasteiger partial charge >= 0.3 is 12.2 Å². The summed E-state index contributed by atoms with van der Waals surface area (Å²) >= 11 is 0. The molecule has 0 aliphatic heterocycles. The van der Waals surface area contributed by atoms with Crippen LogP contribution in [0.2, 0.25) is 0 Å². The van der Waals surface area contributed by atoms with E-state index in [0.717, 1.165) is 0 Å². The average molecular weight is 307 g/mol. The van der Waals surface area contributed by atoms with Gasteiger partial charge in [-0.3, -0.25) is 4.90 Å². The predicted octanol–water partition coefficient (Wildman–Crippen LogP) is -1.00. The minimum absolute atomic E-state index is 0.0417. The van der Waals surface area contributed by atoms with Crippen LogP contribution in [0.5, 0.6) is 0 Å². The molecular weight excluding hydrogens is 282 g/mol. The van der Waals surface area contributed by atoms with E-state index in [-0.39, 0.29) is 26.1 Å². The Morgan fingerprint density at radius 3 is 2.14 bits per heavy atom. The molecule has 124 valence electrons. The van der Waals surface area contributed by atoms with Crippen molar-refractivity contribution >= 4 is 12.2 Å². The standard InChI is InChI=1S/C12H25N3O6/c1-8(16)5-10(21-12(14)19)7-15(6-9(2)17)3-4-20-11(13)18/h8-10,16-17H,3-7H2,1-2H3,(H2,13,18)(H2,14,19). The zero-order valence-corrected chi connectivity index (χ0v) is 12.4. The van der Waals surface area contributed by atoms with Gasteiger partial charge in [-0.05, 0) is 13.8 Å². The smallest absolute Gasteiger partial charge is 0.404 e. The quantitative estimate of drug-likeness (QED) is 0.404. The van der Waals surface area contributed by atoms with Gasteiger partial charge in [0.15, 0.2) is 0 Å². The van der Waals surface area contributed by atoms with Crippen molar-refractivity contribution in [2.75, 3.05) is 26.2 Å². The highest BCUT2D eigenvalue weighted by molar-refractivity contribution is 5.65. The number of primary amides is 2. The van der Waals surface area contributed by atoms with Crippen LogP contribution < -0.4 is 11.5 Å². The molecule has 0 aromatic carbocycles. The monoisotopic (exact) mass is 307 g/mol. The number of nitrogens with zero attached hydrogens (tertiary/aromatic N) is 1. The first-order valence-electron chi connectivity index (χ1n) is 6.67. The second-order valence-corrected chi connectivity index (χ2v) is 4.92. The molecule has 0 saturated heterocycles. The highest BCUT2D eigenvalue weighted by Crippen LogP contribution is 2.07. The van der Waals surface area contributed by atoms with Crippen molar-refractivity contribution in [1.82, 2.24) is 4.90 Å². The van der Waals surface area contributed by atoms with Gasteiger partial charge in [-0.2, -0.15) is 0 Å². The van der Waals surface area contributed by atoms with Crippen LogP contribution >= 0.6 is 0 Å². The van der Waals surface area contributed by atoms with Crippen molar-refractivity contribution in [1.29, 1.82) is 0 Å². The van der Waals surface area contributed by atoms with Crippen molar-refractivity contribution in [2.45, 2.75) is 38.6 Å². The number of amides is 2. The Morgan fingerprint density at radius 2 is 1.71 bits per heavy atom. The van der Waals surface area contributed by atoms with Gasteiger partial charge in [-0.1, -0.05) is 0 Å². The minimum Gasteiger partial charge on any atom is -0.448 e. The lowest BCUT2D eigenvalue weighted by atomic mass is 10.1. The lowest BCUT2D eigenvalue weighted by Crippen LogP contribution is -2.42. The van der Waals surface area contributed by atoms with Gasteiger partial charge in [0.2, 0.25) is 0 Å². The Morgan fingerprint density at radius 1 is 1.10 bits per heavy atom. The molecule has 9 nitrogen and oxygen atoms in total. The zero-order valence-electron chi connectivity index (χ0n) is 12.4. The molecule has 9 heteroatoms. The molecule has 0 aliphatic rings. The Balaban J connectivity index is 4.54. The molecule has 0 rings (SSSR count). The number of rotatable bonds is 10. The van der Waals surface area contributed by atoms with E-state index < -0.39 is 30.5 Å². The molecule has 6 N–H and O–H groups in total. The van der Waals surface area contributed by atoms with Crippen molar-refractivity contribution in [2.24, 2.45) is 11.5 Å². The van der Waals surface area contributed by atoms with E-state index >= 15 is 0 Å². The second-order valence-electron chi connectivity index (χ2n) is 4.92. The summed E-state index contributed by atoms with van der Waals surface area (Å²) in [6.45, 7) is 4.01. The van der Waals surface area contributed by atoms with E-state index in [1.165, 1.54) is 0 Å². The summed E-state index contributed by atoms with van der Waals surface area (Å²) in [5, 5.41) is 18.8. The van der Waals surface area contributed by atoms with Gasteiger partial charge in [-0.25, -0.2) is 9.59 Å². The van der Waals surface area contributed by atoms with E-state index in [4.69, 9.17) is 16.2 Å². The highest BCUT2D eigenvalue weighted by atomic mass is 16.6. The molecule has 2 amide bonds. The van der Waals surface area contributed by atoms with Crippen molar-refractivity contribution in [3.8, 4) is 0 Å². The lowest BCUT2D eigenvalue weighted by Gasteiger charge is -2.28. The van der Waals surface area contributed by atoms with Crippen molar-refractivity contribution in [3.63, 3.8) is 0 Å². The molecule has 0 radical (unpaired) electrons. The minimum atomic E-state index is -0.939. The summed E-state index contributed by atoms with van der Waals surface area (Å²) in [6, 6.07) is 0. The summed E-state index contributed by atoms with van der Waals surface area (Å²) in [5.74, 6) is 0. The fourth-order valence-electron chi connectivity index (χ4n) is 1.90. The van der Waals surface area contributed by atoms with Crippen LogP contribution in [0.25, 0.3) is 0 Å². The van der Waals surface area contributed by atoms with Crippen molar-refractivity contribution < 1.29 is 29.3 Å². The van der Waals surface area contributed by atoms with Gasteiger partial charge < -0.3 is 31.2 Å². The molecule has 0 spiro atoms. The highest BCUT2D eigenvalue weighted by Gasteiger charge is 2.20. The van der Waals surface area contributed by atoms with Gasteiger partial charge in [0, 0.05) is 26.1 Å². The third kappa shape index (κ3) is 11.9. The first kappa shape index (κ1) is 19.4. The molecule has 0 fully saturated rings. The number of aliphatic hydroxyl groups is 2. The van der Waals surface area contributed by atoms with E-state index in [9.17, 15) is 19.8 Å². The molecule has 0 aromatic heterocycles. The number of aliphatic hydroxyl groups excluding tert-OH is 2. The zero-order chi connectivity index (χ0) is 16.4. The normalized spacial score (nSPS) is 15.3. The number of carbonyl (C=O) groups is 2. The van der Waals surface area contributed by atoms with Gasteiger partial charge in [0.25, 0.3) is 0 Å². The van der Waals surface area contributed by atoms with Crippen LogP contribution in [0.15, 0.2) is 0 Å². The largest absolute Gasteiger partial charge is 0.448 e. The molecule has 0 aromatic rings. The molecule has 21 heavy (non-hydrogen) atoms. The fourth-order valence-corrected chi connectivity index (χ4v) is 1.90. The van der Waals surface area contributed by atoms with Crippen LogP contribution in [-0.2, 0) is 9.47 Å². The van der Waals surface area contributed by atoms with Gasteiger partial charge in [0.1, 0.15) is 12.7 Å². The maximum absolute atomic E-state index is 10.9. The Bertz CT molecular complexity index is 324. The number of hydrogen-bond acceptors (Lipinski definition) is 7. The third-order valence-corrected chi connectivity index (χ3v) is 2.52. The summed E-state index contributed by atoms with van der Waals surface area (Å²) in [5.41, 5.74) is 9.85. The van der Waals surface area contributed by atoms with Crippen LogP contribution in [0, 0.1) is 0 Å². The second kappa shape index (κ2) is 10.2. The molecule has 0 heterocycles. The van der Waals surface area contributed by atoms with Crippen LogP contribution in [0.3, 0.4) is 0 Å². The first-order valence-corrected chi connectivity index (χ1v) is 6.67. The Labute approximate surface area is 123 Å². The van der Waals surface area contributed by atoms with Crippen LogP contribution in [-0.4, -0.2) is 71.9 Å². The summed E-state index contributed by atoms with van der Waals surface area (Å²) in [6.07, 6.45) is -3.55. The SMILES string of the molecule is CC(O)CC(CN(CCOC(N)=O)CC(C)O)OC(N)=O. The molecule has 3 unspecified atom stereocenters. The van der Waals surface area contributed by atoms with E-state index in [1.54, 1.807) is 18.7 Å².